The van der Waals surface area contributed by atoms with Gasteiger partial charge in [0.1, 0.15) is 6.04 Å². The Balaban J connectivity index is 1.83. The van der Waals surface area contributed by atoms with E-state index in [9.17, 15) is 9.90 Å². The zero-order valence-corrected chi connectivity index (χ0v) is 16.0. The predicted molar refractivity (Wildman–Crippen MR) is 107 cm³/mol. The number of hydrogen-bond donors (Lipinski definition) is 3. The van der Waals surface area contributed by atoms with E-state index in [1.54, 1.807) is 0 Å². The van der Waals surface area contributed by atoms with Gasteiger partial charge in [0, 0.05) is 23.0 Å². The molecule has 0 saturated carbocycles. The van der Waals surface area contributed by atoms with Crippen molar-refractivity contribution in [2.24, 2.45) is 0 Å². The maximum absolute atomic E-state index is 11.8. The number of hydrogen-bond acceptors (Lipinski definition) is 4. The van der Waals surface area contributed by atoms with Gasteiger partial charge in [0.25, 0.3) is 0 Å². The molecule has 1 aromatic heterocycles. The second-order valence-electron chi connectivity index (χ2n) is 6.83. The molecule has 28 heavy (non-hydrogen) atoms. The number of para-hydroxylation sites is 1. The van der Waals surface area contributed by atoms with E-state index in [1.807, 2.05) is 56.3 Å². The van der Waals surface area contributed by atoms with Crippen LogP contribution in [0.3, 0.4) is 0 Å². The molecule has 0 radical (unpaired) electrons. The molecule has 3 aromatic rings. The molecule has 0 bridgehead atoms. The minimum Gasteiger partial charge on any atom is -0.490 e. The van der Waals surface area contributed by atoms with Gasteiger partial charge in [-0.15, -0.1) is 0 Å². The Bertz CT molecular complexity index is 1010. The number of carboxylic acids is 1. The normalized spacial score (nSPS) is 18.6. The molecule has 1 aliphatic rings. The van der Waals surface area contributed by atoms with Gasteiger partial charge in [-0.1, -0.05) is 24.3 Å². The van der Waals surface area contributed by atoms with E-state index in [0.717, 1.165) is 27.7 Å². The predicted octanol–water partition coefficient (Wildman–Crippen LogP) is 3.65. The lowest BCUT2D eigenvalue weighted by atomic mass is 9.90. The first-order valence-corrected chi connectivity index (χ1v) is 9.60. The van der Waals surface area contributed by atoms with Crippen molar-refractivity contribution in [3.8, 4) is 11.5 Å². The number of aliphatic carboxylic acids is 1. The fourth-order valence-corrected chi connectivity index (χ4v) is 3.90. The number of aromatic amines is 1. The van der Waals surface area contributed by atoms with Crippen molar-refractivity contribution in [3.63, 3.8) is 0 Å². The molecular weight excluding hydrogens is 356 g/mol. The maximum atomic E-state index is 11.8. The van der Waals surface area contributed by atoms with Crippen molar-refractivity contribution < 1.29 is 19.4 Å². The minimum absolute atomic E-state index is 0.271. The van der Waals surface area contributed by atoms with Crippen LogP contribution in [0.25, 0.3) is 10.9 Å². The lowest BCUT2D eigenvalue weighted by Gasteiger charge is -2.30. The number of carbonyl (C=O) groups is 1. The van der Waals surface area contributed by atoms with Crippen molar-refractivity contribution in [1.82, 2.24) is 10.3 Å². The van der Waals surface area contributed by atoms with E-state index in [-0.39, 0.29) is 6.04 Å². The summed E-state index contributed by atoms with van der Waals surface area (Å²) in [7, 11) is 0. The van der Waals surface area contributed by atoms with E-state index in [1.165, 1.54) is 0 Å². The van der Waals surface area contributed by atoms with Gasteiger partial charge in [-0.2, -0.15) is 0 Å². The van der Waals surface area contributed by atoms with Crippen molar-refractivity contribution in [2.45, 2.75) is 32.4 Å². The Kier molecular flexibility index (Phi) is 4.96. The molecule has 0 saturated heterocycles. The van der Waals surface area contributed by atoms with Crippen LogP contribution in [0.2, 0.25) is 0 Å². The van der Waals surface area contributed by atoms with Gasteiger partial charge in [-0.3, -0.25) is 10.1 Å². The largest absolute Gasteiger partial charge is 0.490 e. The summed E-state index contributed by atoms with van der Waals surface area (Å²) in [4.78, 5) is 15.3. The highest BCUT2D eigenvalue weighted by atomic mass is 16.5. The first-order chi connectivity index (χ1) is 13.6. The topological polar surface area (TPSA) is 83.6 Å². The Morgan fingerprint density at radius 3 is 2.61 bits per heavy atom. The molecule has 2 aromatic carbocycles. The average Bonchev–Trinajstić information content (AvgIpc) is 3.07. The second-order valence-corrected chi connectivity index (χ2v) is 6.83. The molecule has 4 rings (SSSR count). The molecule has 6 nitrogen and oxygen atoms in total. The Morgan fingerprint density at radius 1 is 1.11 bits per heavy atom. The highest BCUT2D eigenvalue weighted by Crippen LogP contribution is 2.38. The van der Waals surface area contributed by atoms with Gasteiger partial charge >= 0.3 is 5.97 Å². The fraction of sp³-hybridized carbons (Fsp3) is 0.318. The summed E-state index contributed by atoms with van der Waals surface area (Å²) < 4.78 is 11.4. The molecule has 146 valence electrons. The summed E-state index contributed by atoms with van der Waals surface area (Å²) in [5, 5.41) is 14.0. The Morgan fingerprint density at radius 2 is 1.86 bits per heavy atom. The van der Waals surface area contributed by atoms with Crippen molar-refractivity contribution in [3.05, 3.63) is 59.3 Å². The van der Waals surface area contributed by atoms with Gasteiger partial charge in [0.15, 0.2) is 11.5 Å². The van der Waals surface area contributed by atoms with Crippen LogP contribution in [0.15, 0.2) is 42.5 Å². The molecule has 0 aliphatic carbocycles. The summed E-state index contributed by atoms with van der Waals surface area (Å²) >= 11 is 0. The summed E-state index contributed by atoms with van der Waals surface area (Å²) in [5.74, 6) is 0.506. The SMILES string of the molecule is CCOc1ccc(C2NC(C(=O)O)Cc3c2[nH]c2ccccc32)cc1OCC. The molecule has 1 aliphatic heterocycles. The minimum atomic E-state index is -0.850. The van der Waals surface area contributed by atoms with Crippen LogP contribution in [0.4, 0.5) is 0 Å². The molecular formula is C22H24N2O4. The third-order valence-corrected chi connectivity index (χ3v) is 5.11. The number of aromatic nitrogens is 1. The van der Waals surface area contributed by atoms with Crippen molar-refractivity contribution >= 4 is 16.9 Å². The van der Waals surface area contributed by atoms with Crippen LogP contribution in [-0.2, 0) is 11.2 Å². The van der Waals surface area contributed by atoms with Crippen LogP contribution in [0.5, 0.6) is 11.5 Å². The van der Waals surface area contributed by atoms with Gasteiger partial charge in [-0.05, 0) is 43.2 Å². The molecule has 0 fully saturated rings. The first-order valence-electron chi connectivity index (χ1n) is 9.60. The van der Waals surface area contributed by atoms with E-state index in [4.69, 9.17) is 9.47 Å². The van der Waals surface area contributed by atoms with Crippen LogP contribution in [0.1, 0.15) is 36.7 Å². The van der Waals surface area contributed by atoms with Crippen LogP contribution < -0.4 is 14.8 Å². The van der Waals surface area contributed by atoms with E-state index in [2.05, 4.69) is 10.3 Å². The second kappa shape index (κ2) is 7.56. The quantitative estimate of drug-likeness (QED) is 0.608. The standard InChI is InChI=1S/C22H24N2O4/c1-3-27-18-10-9-13(11-19(18)28-4-2)20-21-15(12-17(24-20)22(25)26)14-7-5-6-8-16(14)23-21/h5-11,17,20,23-24H,3-4,12H2,1-2H3,(H,25,26). The summed E-state index contributed by atoms with van der Waals surface area (Å²) in [6.45, 7) is 4.93. The highest BCUT2D eigenvalue weighted by Gasteiger charge is 2.34. The number of H-pyrrole nitrogens is 1. The van der Waals surface area contributed by atoms with Gasteiger partial charge in [-0.25, -0.2) is 0 Å². The van der Waals surface area contributed by atoms with Crippen LogP contribution in [-0.4, -0.2) is 35.3 Å². The third-order valence-electron chi connectivity index (χ3n) is 5.11. The Labute approximate surface area is 163 Å². The number of fused-ring (bicyclic) bond motifs is 3. The summed E-state index contributed by atoms with van der Waals surface area (Å²) in [5.41, 5.74) is 4.01. The molecule has 6 heteroatoms. The third kappa shape index (κ3) is 3.20. The lowest BCUT2D eigenvalue weighted by molar-refractivity contribution is -0.139. The number of carboxylic acid groups (broad SMARTS) is 1. The van der Waals surface area contributed by atoms with Gasteiger partial charge in [0.2, 0.25) is 0 Å². The number of benzene rings is 2. The van der Waals surface area contributed by atoms with Crippen LogP contribution in [0, 0.1) is 0 Å². The molecule has 3 N–H and O–H groups in total. The van der Waals surface area contributed by atoms with Crippen LogP contribution >= 0.6 is 0 Å². The Hall–Kier alpha value is -2.99. The van der Waals surface area contributed by atoms with Crippen molar-refractivity contribution in [1.29, 1.82) is 0 Å². The average molecular weight is 380 g/mol. The zero-order valence-electron chi connectivity index (χ0n) is 16.0. The van der Waals surface area contributed by atoms with E-state index < -0.39 is 12.0 Å². The molecule has 2 heterocycles. The van der Waals surface area contributed by atoms with E-state index >= 15 is 0 Å². The molecule has 0 spiro atoms. The number of nitrogens with one attached hydrogen (secondary N) is 2. The molecule has 2 atom stereocenters. The number of ether oxygens (including phenoxy) is 2. The fourth-order valence-electron chi connectivity index (χ4n) is 3.90. The lowest BCUT2D eigenvalue weighted by Crippen LogP contribution is -2.44. The highest BCUT2D eigenvalue weighted by molar-refractivity contribution is 5.87. The number of rotatable bonds is 6. The summed E-state index contributed by atoms with van der Waals surface area (Å²) in [6.07, 6.45) is 0.445. The van der Waals surface area contributed by atoms with Gasteiger partial charge < -0.3 is 19.6 Å². The monoisotopic (exact) mass is 380 g/mol. The first kappa shape index (κ1) is 18.4. The molecule has 0 amide bonds. The molecule has 2 unspecified atom stereocenters. The zero-order chi connectivity index (χ0) is 19.7. The van der Waals surface area contributed by atoms with Gasteiger partial charge in [0.05, 0.1) is 19.3 Å². The summed E-state index contributed by atoms with van der Waals surface area (Å²) in [6, 6.07) is 12.9. The smallest absolute Gasteiger partial charge is 0.321 e. The maximum Gasteiger partial charge on any atom is 0.321 e. The van der Waals surface area contributed by atoms with E-state index in [0.29, 0.717) is 31.1 Å². The van der Waals surface area contributed by atoms with Crippen molar-refractivity contribution in [2.75, 3.05) is 13.2 Å².